The minimum atomic E-state index is -1.41. The Kier molecular flexibility index (Phi) is 5.39. The number of unbranched alkanes of at least 4 members (excludes halogenated alkanes) is 1. The molecule has 1 aromatic rings. The van der Waals surface area contributed by atoms with Crippen molar-refractivity contribution in [2.24, 2.45) is 17.3 Å². The van der Waals surface area contributed by atoms with Gasteiger partial charge in [-0.05, 0) is 42.6 Å². The topological polar surface area (TPSA) is 0 Å². The maximum atomic E-state index is 2.73. The van der Waals surface area contributed by atoms with Crippen molar-refractivity contribution >= 4 is 8.07 Å². The molecule has 24 heavy (non-hydrogen) atoms. The summed E-state index contributed by atoms with van der Waals surface area (Å²) in [7, 11) is -1.41. The summed E-state index contributed by atoms with van der Waals surface area (Å²) in [6.07, 6.45) is 12.7. The molecule has 3 atom stereocenters. The van der Waals surface area contributed by atoms with Crippen molar-refractivity contribution in [2.45, 2.75) is 77.9 Å². The number of benzene rings is 1. The summed E-state index contributed by atoms with van der Waals surface area (Å²) in [6, 6.07) is 12.6. The van der Waals surface area contributed by atoms with E-state index in [-0.39, 0.29) is 0 Å². The molecular weight excluding hydrogens is 304 g/mol. The largest absolute Gasteiger partial charge is 0.0883 e. The van der Waals surface area contributed by atoms with E-state index >= 15 is 0 Å². The van der Waals surface area contributed by atoms with E-state index in [1.165, 1.54) is 51.0 Å². The van der Waals surface area contributed by atoms with Crippen LogP contribution < -0.4 is 0 Å². The van der Waals surface area contributed by atoms with E-state index in [4.69, 9.17) is 0 Å². The lowest BCUT2D eigenvalue weighted by Crippen LogP contribution is -2.46. The lowest BCUT2D eigenvalue weighted by molar-refractivity contribution is 0.0937. The van der Waals surface area contributed by atoms with Crippen molar-refractivity contribution in [1.29, 1.82) is 0 Å². The molecule has 0 bridgehead atoms. The van der Waals surface area contributed by atoms with Gasteiger partial charge in [-0.25, -0.2) is 0 Å². The number of allylic oxidation sites excluding steroid dienone is 2. The molecule has 0 unspecified atom stereocenters. The van der Waals surface area contributed by atoms with Crippen molar-refractivity contribution in [3.8, 4) is 0 Å². The average molecular weight is 341 g/mol. The Hall–Kier alpha value is -0.823. The standard InChI is InChI=1S/C23H36Si/c1-5-6-16-23-17-10-11-19(2)21(23)14-15-22(23)24(3,4)18-20-12-8-7-9-13-20/h7-9,12-13,15,19,21H,5-6,10-11,14,16-18H2,1-4H3/t19-,21+,23+/m1/s1. The van der Waals surface area contributed by atoms with Crippen molar-refractivity contribution in [2.75, 3.05) is 0 Å². The van der Waals surface area contributed by atoms with Gasteiger partial charge in [0.15, 0.2) is 0 Å². The summed E-state index contributed by atoms with van der Waals surface area (Å²) in [6.45, 7) is 10.2. The Balaban J connectivity index is 1.89. The number of rotatable bonds is 6. The molecule has 2 aliphatic carbocycles. The summed E-state index contributed by atoms with van der Waals surface area (Å²) in [5.41, 5.74) is 2.12. The van der Waals surface area contributed by atoms with Crippen LogP contribution in [0.5, 0.6) is 0 Å². The van der Waals surface area contributed by atoms with Crippen molar-refractivity contribution in [3.05, 3.63) is 47.2 Å². The highest BCUT2D eigenvalue weighted by molar-refractivity contribution is 6.84. The van der Waals surface area contributed by atoms with E-state index in [1.54, 1.807) is 5.56 Å². The van der Waals surface area contributed by atoms with Gasteiger partial charge in [-0.2, -0.15) is 0 Å². The molecule has 0 N–H and O–H groups in total. The third-order valence-electron chi connectivity index (χ3n) is 6.99. The molecule has 0 aromatic heterocycles. The van der Waals surface area contributed by atoms with Crippen LogP contribution in [0.25, 0.3) is 0 Å². The molecule has 1 aromatic carbocycles. The Bertz CT molecular complexity index is 571. The molecule has 3 rings (SSSR count). The molecule has 0 spiro atoms. The van der Waals surface area contributed by atoms with Crippen LogP contribution in [0.15, 0.2) is 41.6 Å². The van der Waals surface area contributed by atoms with Crippen LogP contribution in [0.2, 0.25) is 13.1 Å². The monoisotopic (exact) mass is 340 g/mol. The van der Waals surface area contributed by atoms with E-state index in [9.17, 15) is 0 Å². The highest BCUT2D eigenvalue weighted by Gasteiger charge is 2.52. The second kappa shape index (κ2) is 7.20. The summed E-state index contributed by atoms with van der Waals surface area (Å²) < 4.78 is 0. The van der Waals surface area contributed by atoms with Crippen molar-refractivity contribution in [1.82, 2.24) is 0 Å². The Morgan fingerprint density at radius 2 is 1.92 bits per heavy atom. The quantitative estimate of drug-likeness (QED) is 0.491. The van der Waals surface area contributed by atoms with Gasteiger partial charge in [0.1, 0.15) is 0 Å². The van der Waals surface area contributed by atoms with Gasteiger partial charge in [0.2, 0.25) is 0 Å². The zero-order chi connectivity index (χ0) is 17.2. The van der Waals surface area contributed by atoms with Gasteiger partial charge < -0.3 is 0 Å². The third kappa shape index (κ3) is 3.29. The lowest BCUT2D eigenvalue weighted by Gasteiger charge is -2.49. The van der Waals surface area contributed by atoms with Gasteiger partial charge in [-0.1, -0.05) is 99.8 Å². The smallest absolute Gasteiger partial charge is 0.0801 e. The number of hydrogen-bond donors (Lipinski definition) is 0. The maximum absolute atomic E-state index is 2.73. The van der Waals surface area contributed by atoms with Crippen LogP contribution in [0, 0.1) is 17.3 Å². The van der Waals surface area contributed by atoms with E-state index < -0.39 is 8.07 Å². The highest BCUT2D eigenvalue weighted by atomic mass is 28.3. The summed E-state index contributed by atoms with van der Waals surface area (Å²) in [5, 5.41) is 1.95. The fourth-order valence-electron chi connectivity index (χ4n) is 6.00. The molecule has 1 saturated carbocycles. The van der Waals surface area contributed by atoms with Gasteiger partial charge in [0.25, 0.3) is 0 Å². The molecule has 1 fully saturated rings. The van der Waals surface area contributed by atoms with Gasteiger partial charge in [-0.15, -0.1) is 0 Å². The molecule has 2 aliphatic rings. The van der Waals surface area contributed by atoms with E-state index in [1.807, 2.05) is 5.20 Å². The summed E-state index contributed by atoms with van der Waals surface area (Å²) >= 11 is 0. The van der Waals surface area contributed by atoms with E-state index in [0.29, 0.717) is 5.41 Å². The summed E-state index contributed by atoms with van der Waals surface area (Å²) in [4.78, 5) is 0. The first-order valence-electron chi connectivity index (χ1n) is 10.2. The van der Waals surface area contributed by atoms with Crippen molar-refractivity contribution in [3.63, 3.8) is 0 Å². The first-order chi connectivity index (χ1) is 11.5. The predicted molar refractivity (Wildman–Crippen MR) is 109 cm³/mol. The second-order valence-electron chi connectivity index (χ2n) is 9.14. The first kappa shape index (κ1) is 18.0. The van der Waals surface area contributed by atoms with Gasteiger partial charge in [0.05, 0.1) is 8.07 Å². The van der Waals surface area contributed by atoms with Crippen LogP contribution in [-0.4, -0.2) is 8.07 Å². The molecule has 132 valence electrons. The maximum Gasteiger partial charge on any atom is 0.0801 e. The molecule has 0 amide bonds. The van der Waals surface area contributed by atoms with Crippen LogP contribution in [0.3, 0.4) is 0 Å². The zero-order valence-electron chi connectivity index (χ0n) is 16.3. The minimum absolute atomic E-state index is 0.568. The van der Waals surface area contributed by atoms with Crippen LogP contribution in [0.4, 0.5) is 0 Å². The Morgan fingerprint density at radius 1 is 1.17 bits per heavy atom. The molecule has 0 radical (unpaired) electrons. The van der Waals surface area contributed by atoms with Crippen molar-refractivity contribution < 1.29 is 0 Å². The number of hydrogen-bond acceptors (Lipinski definition) is 0. The molecular formula is C23H36Si. The molecule has 0 nitrogen and oxygen atoms in total. The van der Waals surface area contributed by atoms with Crippen LogP contribution in [0.1, 0.15) is 64.4 Å². The van der Waals surface area contributed by atoms with Gasteiger partial charge in [-0.3, -0.25) is 0 Å². The van der Waals surface area contributed by atoms with Gasteiger partial charge in [0, 0.05) is 0 Å². The summed E-state index contributed by atoms with van der Waals surface area (Å²) in [5.74, 6) is 1.86. The fraction of sp³-hybridized carbons (Fsp3) is 0.652. The second-order valence-corrected chi connectivity index (χ2v) is 13.8. The Morgan fingerprint density at radius 3 is 2.62 bits per heavy atom. The third-order valence-corrected chi connectivity index (χ3v) is 10.4. The molecule has 1 heteroatoms. The van der Waals surface area contributed by atoms with Crippen LogP contribution >= 0.6 is 0 Å². The SMILES string of the molecule is CCCC[C@]12CCC[C@@H](C)[C@@H]1CC=C2[Si](C)(C)Cc1ccccc1. The fourth-order valence-corrected chi connectivity index (χ4v) is 9.90. The lowest BCUT2D eigenvalue weighted by atomic mass is 9.61. The van der Waals surface area contributed by atoms with Crippen LogP contribution in [-0.2, 0) is 6.04 Å². The Labute approximate surface area is 150 Å². The predicted octanol–water partition coefficient (Wildman–Crippen LogP) is 6.96. The first-order valence-corrected chi connectivity index (χ1v) is 13.5. The average Bonchev–Trinajstić information content (AvgIpc) is 2.95. The minimum Gasteiger partial charge on any atom is -0.0883 e. The van der Waals surface area contributed by atoms with E-state index in [2.05, 4.69) is 63.3 Å². The molecule has 0 saturated heterocycles. The van der Waals surface area contributed by atoms with Gasteiger partial charge >= 0.3 is 0 Å². The molecule has 0 aliphatic heterocycles. The zero-order valence-corrected chi connectivity index (χ0v) is 17.3. The highest BCUT2D eigenvalue weighted by Crippen LogP contribution is 2.59. The van der Waals surface area contributed by atoms with E-state index in [0.717, 1.165) is 11.8 Å². The molecule has 0 heterocycles. The normalized spacial score (nSPS) is 30.1. The number of fused-ring (bicyclic) bond motifs is 1.